The van der Waals surface area contributed by atoms with Gasteiger partial charge in [-0.3, -0.25) is 13.9 Å². The number of hydrogen-bond donors (Lipinski definition) is 2. The van der Waals surface area contributed by atoms with E-state index in [-0.39, 0.29) is 23.4 Å². The zero-order valence-electron chi connectivity index (χ0n) is 13.2. The standard InChI is InChI=1S/C15H17N3O5S/c1-3-18-14(19)12(9-24(21,22)23)10(2)13(15(18)20)17-16-11-7-5-4-6-8-11/h4-8,20H,3,9H2,1-2H3,(H,21,22,23)/b17-16+. The van der Waals surface area contributed by atoms with E-state index >= 15 is 0 Å². The molecule has 0 saturated carbocycles. The molecule has 2 rings (SSSR count). The Morgan fingerprint density at radius 3 is 2.33 bits per heavy atom. The van der Waals surface area contributed by atoms with Crippen LogP contribution in [0.25, 0.3) is 0 Å². The predicted molar refractivity (Wildman–Crippen MR) is 88.6 cm³/mol. The van der Waals surface area contributed by atoms with Crippen molar-refractivity contribution in [2.45, 2.75) is 26.1 Å². The van der Waals surface area contributed by atoms with E-state index < -0.39 is 27.3 Å². The van der Waals surface area contributed by atoms with Crippen molar-refractivity contribution >= 4 is 21.5 Å². The van der Waals surface area contributed by atoms with E-state index in [4.69, 9.17) is 4.55 Å². The lowest BCUT2D eigenvalue weighted by molar-refractivity contribution is 0.411. The first kappa shape index (κ1) is 17.8. The van der Waals surface area contributed by atoms with Gasteiger partial charge < -0.3 is 5.11 Å². The van der Waals surface area contributed by atoms with E-state index in [2.05, 4.69) is 10.2 Å². The maximum absolute atomic E-state index is 12.3. The molecule has 0 saturated heterocycles. The van der Waals surface area contributed by atoms with E-state index in [1.54, 1.807) is 31.2 Å². The second kappa shape index (κ2) is 6.93. The van der Waals surface area contributed by atoms with Gasteiger partial charge in [-0.05, 0) is 31.5 Å². The Hall–Kier alpha value is -2.52. The Labute approximate surface area is 138 Å². The van der Waals surface area contributed by atoms with Crippen molar-refractivity contribution in [3.05, 3.63) is 51.8 Å². The molecule has 24 heavy (non-hydrogen) atoms. The Balaban J connectivity index is 2.65. The third-order valence-corrected chi connectivity index (χ3v) is 4.10. The third-order valence-electron chi connectivity index (χ3n) is 3.44. The summed E-state index contributed by atoms with van der Waals surface area (Å²) in [4.78, 5) is 12.3. The zero-order chi connectivity index (χ0) is 17.9. The Kier molecular flexibility index (Phi) is 5.15. The highest BCUT2D eigenvalue weighted by atomic mass is 32.2. The van der Waals surface area contributed by atoms with Gasteiger partial charge in [0, 0.05) is 12.1 Å². The third kappa shape index (κ3) is 3.87. The summed E-state index contributed by atoms with van der Waals surface area (Å²) in [6.45, 7) is 3.17. The highest BCUT2D eigenvalue weighted by Gasteiger charge is 2.21. The van der Waals surface area contributed by atoms with Crippen molar-refractivity contribution in [1.29, 1.82) is 0 Å². The van der Waals surface area contributed by atoms with Crippen LogP contribution in [-0.2, 0) is 22.4 Å². The largest absolute Gasteiger partial charge is 0.493 e. The molecule has 0 atom stereocenters. The first-order valence-electron chi connectivity index (χ1n) is 7.11. The summed E-state index contributed by atoms with van der Waals surface area (Å²) in [6, 6.07) is 8.73. The number of hydrogen-bond acceptors (Lipinski definition) is 6. The lowest BCUT2D eigenvalue weighted by atomic mass is 10.1. The summed E-state index contributed by atoms with van der Waals surface area (Å²) in [5.74, 6) is -1.26. The van der Waals surface area contributed by atoms with Gasteiger partial charge in [-0.15, -0.1) is 5.11 Å². The van der Waals surface area contributed by atoms with Gasteiger partial charge in [0.15, 0.2) is 0 Å². The number of aromatic nitrogens is 1. The Bertz CT molecular complexity index is 934. The van der Waals surface area contributed by atoms with Crippen LogP contribution in [0.4, 0.5) is 11.4 Å². The monoisotopic (exact) mass is 351 g/mol. The molecule has 1 aromatic heterocycles. The topological polar surface area (TPSA) is 121 Å². The van der Waals surface area contributed by atoms with Crippen molar-refractivity contribution in [1.82, 2.24) is 4.57 Å². The summed E-state index contributed by atoms with van der Waals surface area (Å²) in [7, 11) is -4.41. The van der Waals surface area contributed by atoms with Crippen molar-refractivity contribution in [2.24, 2.45) is 10.2 Å². The van der Waals surface area contributed by atoms with Crippen molar-refractivity contribution < 1.29 is 18.1 Å². The highest BCUT2D eigenvalue weighted by Crippen LogP contribution is 2.32. The van der Waals surface area contributed by atoms with Gasteiger partial charge in [0.1, 0.15) is 11.4 Å². The SMILES string of the molecule is CCn1c(O)c(/N=N/c2ccccc2)c(C)c(CS(=O)(=O)O)c1=O. The fraction of sp³-hybridized carbons (Fsp3) is 0.267. The van der Waals surface area contributed by atoms with Crippen molar-refractivity contribution in [2.75, 3.05) is 0 Å². The molecule has 9 heteroatoms. The second-order valence-corrected chi connectivity index (χ2v) is 6.54. The molecule has 0 amide bonds. The van der Waals surface area contributed by atoms with Crippen molar-refractivity contribution in [3.8, 4) is 5.88 Å². The minimum Gasteiger partial charge on any atom is -0.493 e. The molecule has 1 aromatic carbocycles. The molecule has 128 valence electrons. The molecule has 8 nitrogen and oxygen atoms in total. The van der Waals surface area contributed by atoms with E-state index in [1.165, 1.54) is 6.92 Å². The molecular formula is C15H17N3O5S. The zero-order valence-corrected chi connectivity index (χ0v) is 14.0. The minimum atomic E-state index is -4.41. The molecule has 2 N–H and O–H groups in total. The molecule has 0 radical (unpaired) electrons. The number of aromatic hydroxyl groups is 1. The molecule has 0 bridgehead atoms. The number of pyridine rings is 1. The molecular weight excluding hydrogens is 334 g/mol. The molecule has 0 spiro atoms. The molecule has 0 aliphatic rings. The van der Waals surface area contributed by atoms with Gasteiger partial charge in [0.05, 0.1) is 5.69 Å². The van der Waals surface area contributed by atoms with E-state index in [1.807, 2.05) is 6.07 Å². The van der Waals surface area contributed by atoms with Gasteiger partial charge in [-0.25, -0.2) is 0 Å². The van der Waals surface area contributed by atoms with Crippen LogP contribution in [0, 0.1) is 6.92 Å². The second-order valence-electron chi connectivity index (χ2n) is 5.09. The molecule has 0 aliphatic heterocycles. The summed E-state index contributed by atoms with van der Waals surface area (Å²) in [6.07, 6.45) is 0. The fourth-order valence-electron chi connectivity index (χ4n) is 2.23. The highest BCUT2D eigenvalue weighted by molar-refractivity contribution is 7.85. The Morgan fingerprint density at radius 1 is 1.17 bits per heavy atom. The lowest BCUT2D eigenvalue weighted by Crippen LogP contribution is -2.26. The number of nitrogens with zero attached hydrogens (tertiary/aromatic N) is 3. The molecule has 0 aliphatic carbocycles. The van der Waals surface area contributed by atoms with Gasteiger partial charge in [-0.2, -0.15) is 13.5 Å². The first-order chi connectivity index (χ1) is 11.2. The van der Waals surface area contributed by atoms with Crippen LogP contribution in [0.15, 0.2) is 45.4 Å². The normalized spacial score (nSPS) is 12.0. The van der Waals surface area contributed by atoms with Crippen LogP contribution in [0.2, 0.25) is 0 Å². The summed E-state index contributed by atoms with van der Waals surface area (Å²) < 4.78 is 32.4. The maximum atomic E-state index is 12.3. The van der Waals surface area contributed by atoms with Crippen LogP contribution in [0.1, 0.15) is 18.1 Å². The van der Waals surface area contributed by atoms with E-state index in [0.717, 1.165) is 4.57 Å². The maximum Gasteiger partial charge on any atom is 0.269 e. The molecule has 0 fully saturated rings. The number of benzene rings is 1. The quantitative estimate of drug-likeness (QED) is 0.633. The fourth-order valence-corrected chi connectivity index (χ4v) is 2.93. The minimum absolute atomic E-state index is 0.0149. The van der Waals surface area contributed by atoms with E-state index in [9.17, 15) is 18.3 Å². The van der Waals surface area contributed by atoms with Crippen LogP contribution >= 0.6 is 0 Å². The molecule has 2 aromatic rings. The lowest BCUT2D eigenvalue weighted by Gasteiger charge is -2.13. The van der Waals surface area contributed by atoms with Crippen LogP contribution in [-0.4, -0.2) is 22.6 Å². The average molecular weight is 351 g/mol. The first-order valence-corrected chi connectivity index (χ1v) is 8.72. The van der Waals surface area contributed by atoms with E-state index in [0.29, 0.717) is 5.69 Å². The van der Waals surface area contributed by atoms with Crippen LogP contribution < -0.4 is 5.56 Å². The Morgan fingerprint density at radius 2 is 1.79 bits per heavy atom. The number of rotatable bonds is 5. The van der Waals surface area contributed by atoms with Gasteiger partial charge in [0.25, 0.3) is 15.7 Å². The van der Waals surface area contributed by atoms with Gasteiger partial charge in [-0.1, -0.05) is 18.2 Å². The molecule has 0 unspecified atom stereocenters. The predicted octanol–water partition coefficient (Wildman–Crippen LogP) is 2.69. The van der Waals surface area contributed by atoms with Crippen molar-refractivity contribution in [3.63, 3.8) is 0 Å². The average Bonchev–Trinajstić information content (AvgIpc) is 2.52. The molecule has 1 heterocycles. The summed E-state index contributed by atoms with van der Waals surface area (Å²) in [5, 5.41) is 18.2. The summed E-state index contributed by atoms with van der Waals surface area (Å²) in [5.41, 5.74) is -0.178. The van der Waals surface area contributed by atoms with Crippen LogP contribution in [0.3, 0.4) is 0 Å². The summed E-state index contributed by atoms with van der Waals surface area (Å²) >= 11 is 0. The van der Waals surface area contributed by atoms with Gasteiger partial charge in [0.2, 0.25) is 5.88 Å². The van der Waals surface area contributed by atoms with Crippen LogP contribution in [0.5, 0.6) is 5.88 Å². The van der Waals surface area contributed by atoms with Gasteiger partial charge >= 0.3 is 0 Å². The number of azo groups is 1. The smallest absolute Gasteiger partial charge is 0.269 e.